The van der Waals surface area contributed by atoms with Gasteiger partial charge in [0.05, 0.1) is 30.9 Å². The van der Waals surface area contributed by atoms with Crippen LogP contribution in [0.1, 0.15) is 30.5 Å². The molecule has 3 aromatic carbocycles. The fraction of sp³-hybridized carbons (Fsp3) is 0.200. The predicted molar refractivity (Wildman–Crippen MR) is 130 cm³/mol. The van der Waals surface area contributed by atoms with E-state index in [-0.39, 0.29) is 16.8 Å². The van der Waals surface area contributed by atoms with Crippen LogP contribution in [0.2, 0.25) is 0 Å². The van der Waals surface area contributed by atoms with Gasteiger partial charge in [-0.25, -0.2) is 13.4 Å². The zero-order chi connectivity index (χ0) is 24.3. The second kappa shape index (κ2) is 9.56. The Morgan fingerprint density at radius 3 is 2.26 bits per heavy atom. The second-order valence-corrected chi connectivity index (χ2v) is 9.45. The first kappa shape index (κ1) is 23.3. The molecule has 0 bridgehead atoms. The van der Waals surface area contributed by atoms with Crippen molar-refractivity contribution in [2.75, 3.05) is 18.9 Å². The van der Waals surface area contributed by atoms with Crippen molar-refractivity contribution in [2.45, 2.75) is 24.3 Å². The van der Waals surface area contributed by atoms with Gasteiger partial charge in [0.15, 0.2) is 0 Å². The van der Waals surface area contributed by atoms with Gasteiger partial charge in [0.2, 0.25) is 5.91 Å². The molecule has 3 aromatic rings. The summed E-state index contributed by atoms with van der Waals surface area (Å²) in [5.41, 5.74) is 2.93. The number of methoxy groups -OCH3 is 2. The fourth-order valence-electron chi connectivity index (χ4n) is 3.77. The van der Waals surface area contributed by atoms with Crippen molar-refractivity contribution in [1.82, 2.24) is 5.01 Å². The van der Waals surface area contributed by atoms with E-state index in [1.54, 1.807) is 43.5 Å². The van der Waals surface area contributed by atoms with Gasteiger partial charge in [0.1, 0.15) is 11.5 Å². The first-order valence-electron chi connectivity index (χ1n) is 10.6. The summed E-state index contributed by atoms with van der Waals surface area (Å²) < 4.78 is 38.4. The molecular weight excluding hydrogens is 454 g/mol. The van der Waals surface area contributed by atoms with E-state index < -0.39 is 10.0 Å². The number of carbonyl (C=O) groups excluding carboxylic acids is 1. The van der Waals surface area contributed by atoms with Crippen LogP contribution in [-0.4, -0.2) is 39.3 Å². The predicted octanol–water partition coefficient (Wildman–Crippen LogP) is 4.20. The molecule has 176 valence electrons. The molecule has 0 aliphatic carbocycles. The average Bonchev–Trinajstić information content (AvgIpc) is 3.30. The van der Waals surface area contributed by atoms with Gasteiger partial charge < -0.3 is 9.47 Å². The molecule has 9 heteroatoms. The third-order valence-corrected chi connectivity index (χ3v) is 6.93. The highest BCUT2D eigenvalue weighted by Crippen LogP contribution is 2.34. The standard InChI is InChI=1S/C25H25N3O5S/c1-17(29)28-25(19-9-13-21(32-2)14-10-19)16-24(26-28)18-7-11-20(12-8-18)27-34(30,31)23-6-4-5-22(15-23)33-3/h4-15,25,27H,16H2,1-3H3. The molecule has 1 unspecified atom stereocenters. The van der Waals surface area contributed by atoms with E-state index in [9.17, 15) is 13.2 Å². The van der Waals surface area contributed by atoms with Crippen molar-refractivity contribution in [1.29, 1.82) is 0 Å². The summed E-state index contributed by atoms with van der Waals surface area (Å²) in [7, 11) is -0.684. The van der Waals surface area contributed by atoms with Crippen LogP contribution < -0.4 is 14.2 Å². The molecule has 1 amide bonds. The van der Waals surface area contributed by atoms with Crippen LogP contribution in [0.5, 0.6) is 11.5 Å². The van der Waals surface area contributed by atoms with Crippen molar-refractivity contribution in [3.05, 3.63) is 83.9 Å². The van der Waals surface area contributed by atoms with E-state index in [0.717, 1.165) is 22.6 Å². The maximum absolute atomic E-state index is 12.7. The first-order valence-corrected chi connectivity index (χ1v) is 12.1. The van der Waals surface area contributed by atoms with E-state index in [1.165, 1.54) is 31.2 Å². The van der Waals surface area contributed by atoms with E-state index in [1.807, 2.05) is 24.3 Å². The Bertz CT molecular complexity index is 1320. The summed E-state index contributed by atoms with van der Waals surface area (Å²) in [5.74, 6) is 1.04. The molecule has 0 fully saturated rings. The molecule has 1 aliphatic rings. The van der Waals surface area contributed by atoms with Crippen LogP contribution in [0.3, 0.4) is 0 Å². The largest absolute Gasteiger partial charge is 0.497 e. The summed E-state index contributed by atoms with van der Waals surface area (Å²) in [6, 6.07) is 20.5. The number of hydrazone groups is 1. The minimum absolute atomic E-state index is 0.107. The van der Waals surface area contributed by atoms with E-state index in [0.29, 0.717) is 17.9 Å². The Morgan fingerprint density at radius 2 is 1.65 bits per heavy atom. The van der Waals surface area contributed by atoms with Crippen molar-refractivity contribution in [2.24, 2.45) is 5.10 Å². The SMILES string of the molecule is COc1ccc(C2CC(c3ccc(NS(=O)(=O)c4cccc(OC)c4)cc3)=NN2C(C)=O)cc1. The van der Waals surface area contributed by atoms with Crippen LogP contribution in [0, 0.1) is 0 Å². The third-order valence-electron chi connectivity index (χ3n) is 5.56. The average molecular weight is 480 g/mol. The van der Waals surface area contributed by atoms with Gasteiger partial charge in [-0.1, -0.05) is 30.3 Å². The van der Waals surface area contributed by atoms with Gasteiger partial charge in [0, 0.05) is 25.1 Å². The first-order chi connectivity index (χ1) is 16.3. The number of sulfonamides is 1. The molecule has 1 atom stereocenters. The molecule has 8 nitrogen and oxygen atoms in total. The molecule has 4 rings (SSSR count). The molecule has 1 heterocycles. The van der Waals surface area contributed by atoms with Crippen molar-refractivity contribution in [3.63, 3.8) is 0 Å². The van der Waals surface area contributed by atoms with Gasteiger partial charge in [0.25, 0.3) is 10.0 Å². The molecule has 34 heavy (non-hydrogen) atoms. The third kappa shape index (κ3) is 4.89. The van der Waals surface area contributed by atoms with Crippen LogP contribution in [0.4, 0.5) is 5.69 Å². The van der Waals surface area contributed by atoms with Crippen LogP contribution in [-0.2, 0) is 14.8 Å². The number of ether oxygens (including phenoxy) is 2. The highest BCUT2D eigenvalue weighted by molar-refractivity contribution is 7.92. The number of nitrogens with zero attached hydrogens (tertiary/aromatic N) is 2. The smallest absolute Gasteiger partial charge is 0.262 e. The van der Waals surface area contributed by atoms with Crippen molar-refractivity contribution >= 4 is 27.3 Å². The van der Waals surface area contributed by atoms with Gasteiger partial charge in [-0.15, -0.1) is 0 Å². The Hall–Kier alpha value is -3.85. The number of carbonyl (C=O) groups is 1. The molecule has 1 aliphatic heterocycles. The zero-order valence-corrected chi connectivity index (χ0v) is 19.9. The minimum atomic E-state index is -3.77. The van der Waals surface area contributed by atoms with Crippen LogP contribution >= 0.6 is 0 Å². The van der Waals surface area contributed by atoms with Gasteiger partial charge in [-0.2, -0.15) is 5.10 Å². The number of benzene rings is 3. The molecule has 0 radical (unpaired) electrons. The van der Waals surface area contributed by atoms with Gasteiger partial charge >= 0.3 is 0 Å². The highest BCUT2D eigenvalue weighted by atomic mass is 32.2. The fourth-order valence-corrected chi connectivity index (χ4v) is 4.87. The molecule has 0 aromatic heterocycles. The Kier molecular flexibility index (Phi) is 6.56. The van der Waals surface area contributed by atoms with Crippen LogP contribution in [0.25, 0.3) is 0 Å². The van der Waals surface area contributed by atoms with E-state index in [4.69, 9.17) is 9.47 Å². The molecular formula is C25H25N3O5S. The summed E-state index contributed by atoms with van der Waals surface area (Å²) in [4.78, 5) is 12.3. The lowest BCUT2D eigenvalue weighted by atomic mass is 9.98. The summed E-state index contributed by atoms with van der Waals surface area (Å²) in [6.45, 7) is 1.49. The van der Waals surface area contributed by atoms with Crippen LogP contribution in [0.15, 0.2) is 82.8 Å². The Morgan fingerprint density at radius 1 is 0.971 bits per heavy atom. The van der Waals surface area contributed by atoms with Crippen molar-refractivity contribution < 1.29 is 22.7 Å². The van der Waals surface area contributed by atoms with E-state index in [2.05, 4.69) is 9.82 Å². The monoisotopic (exact) mass is 479 g/mol. The van der Waals surface area contributed by atoms with E-state index >= 15 is 0 Å². The minimum Gasteiger partial charge on any atom is -0.497 e. The Balaban J connectivity index is 1.52. The highest BCUT2D eigenvalue weighted by Gasteiger charge is 2.31. The summed E-state index contributed by atoms with van der Waals surface area (Å²) >= 11 is 0. The topological polar surface area (TPSA) is 97.3 Å². The van der Waals surface area contributed by atoms with Gasteiger partial charge in [-0.3, -0.25) is 9.52 Å². The maximum atomic E-state index is 12.7. The molecule has 0 saturated carbocycles. The second-order valence-electron chi connectivity index (χ2n) is 7.77. The lowest BCUT2D eigenvalue weighted by molar-refractivity contribution is -0.130. The number of amides is 1. The summed E-state index contributed by atoms with van der Waals surface area (Å²) in [5, 5.41) is 6.03. The molecule has 0 spiro atoms. The lowest BCUT2D eigenvalue weighted by Gasteiger charge is -2.20. The summed E-state index contributed by atoms with van der Waals surface area (Å²) in [6.07, 6.45) is 0.542. The zero-order valence-electron chi connectivity index (χ0n) is 19.1. The van der Waals surface area contributed by atoms with Gasteiger partial charge in [-0.05, 0) is 47.5 Å². The number of rotatable bonds is 7. The van der Waals surface area contributed by atoms with Crippen molar-refractivity contribution in [3.8, 4) is 11.5 Å². The number of anilines is 1. The quantitative estimate of drug-likeness (QED) is 0.548. The molecule has 0 saturated heterocycles. The maximum Gasteiger partial charge on any atom is 0.262 e. The normalized spacial score (nSPS) is 15.6. The lowest BCUT2D eigenvalue weighted by Crippen LogP contribution is -2.24. The Labute approximate surface area is 198 Å². The number of hydrogen-bond donors (Lipinski definition) is 1. The number of nitrogens with one attached hydrogen (secondary N) is 1. The number of hydrogen-bond acceptors (Lipinski definition) is 6. The molecule has 1 N–H and O–H groups in total.